The Balaban J connectivity index is 2.60. The van der Waals surface area contributed by atoms with E-state index in [1.165, 1.54) is 0 Å². The number of rotatable bonds is 4. The molecule has 0 heterocycles. The highest BCUT2D eigenvalue weighted by Crippen LogP contribution is 2.21. The number of carbonyl (C=O) groups is 1. The standard InChI is InChI=1S/C12H11F3O3/c1-2-8-4-3-5-9(6-8)7-18-11(17)10(16)12(13,14)15/h2-6,10,16H,1,7H2. The van der Waals surface area contributed by atoms with Crippen molar-refractivity contribution >= 4 is 12.0 Å². The fraction of sp³-hybridized carbons (Fsp3) is 0.250. The Hall–Kier alpha value is -1.82. The van der Waals surface area contributed by atoms with E-state index in [1.54, 1.807) is 30.3 Å². The maximum atomic E-state index is 12.0. The van der Waals surface area contributed by atoms with E-state index in [1.807, 2.05) is 0 Å². The summed E-state index contributed by atoms with van der Waals surface area (Å²) in [6.07, 6.45) is -6.57. The number of aliphatic hydroxyl groups excluding tert-OH is 1. The molecular formula is C12H11F3O3. The van der Waals surface area contributed by atoms with Gasteiger partial charge < -0.3 is 9.84 Å². The van der Waals surface area contributed by atoms with Crippen molar-refractivity contribution in [2.75, 3.05) is 0 Å². The first-order valence-corrected chi connectivity index (χ1v) is 4.97. The molecule has 1 N–H and O–H groups in total. The third-order valence-corrected chi connectivity index (χ3v) is 2.10. The normalized spacial score (nSPS) is 12.9. The van der Waals surface area contributed by atoms with Gasteiger partial charge in [0.15, 0.2) is 0 Å². The summed E-state index contributed by atoms with van der Waals surface area (Å²) in [5.41, 5.74) is 1.26. The summed E-state index contributed by atoms with van der Waals surface area (Å²) in [5.74, 6) is -1.72. The fourth-order valence-corrected chi connectivity index (χ4v) is 1.18. The number of aliphatic hydroxyl groups is 1. The number of ether oxygens (including phenoxy) is 1. The Bertz CT molecular complexity index is 440. The van der Waals surface area contributed by atoms with E-state index >= 15 is 0 Å². The molecule has 0 aliphatic heterocycles. The van der Waals surface area contributed by atoms with Crippen LogP contribution in [0.5, 0.6) is 0 Å². The van der Waals surface area contributed by atoms with E-state index in [-0.39, 0.29) is 6.61 Å². The first-order valence-electron chi connectivity index (χ1n) is 4.97. The molecule has 18 heavy (non-hydrogen) atoms. The van der Waals surface area contributed by atoms with Gasteiger partial charge in [-0.25, -0.2) is 4.79 Å². The summed E-state index contributed by atoms with van der Waals surface area (Å²) in [6.45, 7) is 3.19. The second kappa shape index (κ2) is 5.68. The maximum absolute atomic E-state index is 12.0. The van der Waals surface area contributed by atoms with Gasteiger partial charge in [0.1, 0.15) is 6.61 Å². The number of benzene rings is 1. The molecule has 0 aliphatic carbocycles. The SMILES string of the molecule is C=Cc1cccc(COC(=O)C(O)C(F)(F)F)c1. The lowest BCUT2D eigenvalue weighted by Crippen LogP contribution is -2.37. The summed E-state index contributed by atoms with van der Waals surface area (Å²) < 4.78 is 40.3. The summed E-state index contributed by atoms with van der Waals surface area (Å²) in [7, 11) is 0. The molecule has 0 aliphatic rings. The predicted molar refractivity (Wildman–Crippen MR) is 58.4 cm³/mol. The highest BCUT2D eigenvalue weighted by molar-refractivity contribution is 5.75. The van der Waals surface area contributed by atoms with E-state index in [4.69, 9.17) is 5.11 Å². The molecule has 6 heteroatoms. The van der Waals surface area contributed by atoms with Crippen LogP contribution in [0.1, 0.15) is 11.1 Å². The largest absolute Gasteiger partial charge is 0.459 e. The first-order chi connectivity index (χ1) is 8.34. The third kappa shape index (κ3) is 3.89. The van der Waals surface area contributed by atoms with Gasteiger partial charge in [0.25, 0.3) is 0 Å². The van der Waals surface area contributed by atoms with Crippen LogP contribution in [0.15, 0.2) is 30.8 Å². The zero-order valence-electron chi connectivity index (χ0n) is 9.28. The number of halogens is 3. The molecule has 0 aromatic heterocycles. The molecule has 0 bridgehead atoms. The summed E-state index contributed by atoms with van der Waals surface area (Å²) in [6, 6.07) is 6.59. The Morgan fingerprint density at radius 2 is 2.17 bits per heavy atom. The van der Waals surface area contributed by atoms with E-state index in [9.17, 15) is 18.0 Å². The van der Waals surface area contributed by atoms with Crippen molar-refractivity contribution in [3.8, 4) is 0 Å². The number of hydrogen-bond donors (Lipinski definition) is 1. The molecule has 1 unspecified atom stereocenters. The molecule has 0 spiro atoms. The minimum absolute atomic E-state index is 0.340. The van der Waals surface area contributed by atoms with E-state index in [2.05, 4.69) is 11.3 Å². The number of hydrogen-bond acceptors (Lipinski definition) is 3. The zero-order valence-corrected chi connectivity index (χ0v) is 9.28. The van der Waals surface area contributed by atoms with Crippen LogP contribution in [0.2, 0.25) is 0 Å². The Kier molecular flexibility index (Phi) is 4.49. The zero-order chi connectivity index (χ0) is 13.8. The van der Waals surface area contributed by atoms with Crippen molar-refractivity contribution in [3.63, 3.8) is 0 Å². The maximum Gasteiger partial charge on any atom is 0.425 e. The van der Waals surface area contributed by atoms with Gasteiger partial charge >= 0.3 is 12.1 Å². The van der Waals surface area contributed by atoms with Crippen LogP contribution in [0, 0.1) is 0 Å². The van der Waals surface area contributed by atoms with Crippen molar-refractivity contribution < 1.29 is 27.8 Å². The van der Waals surface area contributed by atoms with Crippen LogP contribution in [0.25, 0.3) is 6.08 Å². The molecule has 0 saturated carbocycles. The quantitative estimate of drug-likeness (QED) is 0.845. The van der Waals surface area contributed by atoms with E-state index in [0.717, 1.165) is 5.56 Å². The molecule has 1 aromatic carbocycles. The third-order valence-electron chi connectivity index (χ3n) is 2.10. The van der Waals surface area contributed by atoms with Crippen molar-refractivity contribution in [2.45, 2.75) is 18.9 Å². The Morgan fingerprint density at radius 3 is 2.72 bits per heavy atom. The average Bonchev–Trinajstić information content (AvgIpc) is 2.34. The topological polar surface area (TPSA) is 46.5 Å². The van der Waals surface area contributed by atoms with Gasteiger partial charge in [0.2, 0.25) is 6.10 Å². The van der Waals surface area contributed by atoms with Gasteiger partial charge in [0, 0.05) is 0 Å². The van der Waals surface area contributed by atoms with Crippen molar-refractivity contribution in [1.82, 2.24) is 0 Å². The monoisotopic (exact) mass is 260 g/mol. The highest BCUT2D eigenvalue weighted by Gasteiger charge is 2.44. The molecule has 0 fully saturated rings. The highest BCUT2D eigenvalue weighted by atomic mass is 19.4. The first kappa shape index (κ1) is 14.2. The van der Waals surface area contributed by atoms with E-state index < -0.39 is 18.2 Å². The smallest absolute Gasteiger partial charge is 0.425 e. The number of carbonyl (C=O) groups excluding carboxylic acids is 1. The van der Waals surface area contributed by atoms with Gasteiger partial charge in [-0.2, -0.15) is 13.2 Å². The molecule has 0 saturated heterocycles. The van der Waals surface area contributed by atoms with Crippen LogP contribution in [0.3, 0.4) is 0 Å². The summed E-state index contributed by atoms with van der Waals surface area (Å²) >= 11 is 0. The minimum Gasteiger partial charge on any atom is -0.459 e. The predicted octanol–water partition coefficient (Wildman–Crippen LogP) is 2.30. The number of esters is 1. The second-order valence-corrected chi connectivity index (χ2v) is 3.50. The van der Waals surface area contributed by atoms with Crippen LogP contribution in [-0.2, 0) is 16.1 Å². The molecular weight excluding hydrogens is 249 g/mol. The average molecular weight is 260 g/mol. The van der Waals surface area contributed by atoms with Crippen molar-refractivity contribution in [1.29, 1.82) is 0 Å². The van der Waals surface area contributed by atoms with Crippen LogP contribution in [-0.4, -0.2) is 23.4 Å². The summed E-state index contributed by atoms with van der Waals surface area (Å²) in [5, 5.41) is 8.62. The molecule has 0 radical (unpaired) electrons. The van der Waals surface area contributed by atoms with Gasteiger partial charge in [-0.1, -0.05) is 30.9 Å². The lowest BCUT2D eigenvalue weighted by atomic mass is 10.1. The van der Waals surface area contributed by atoms with Crippen LogP contribution >= 0.6 is 0 Å². The van der Waals surface area contributed by atoms with Crippen LogP contribution < -0.4 is 0 Å². The van der Waals surface area contributed by atoms with E-state index in [0.29, 0.717) is 5.56 Å². The molecule has 1 rings (SSSR count). The molecule has 0 amide bonds. The van der Waals surface area contributed by atoms with Crippen molar-refractivity contribution in [2.24, 2.45) is 0 Å². The van der Waals surface area contributed by atoms with Gasteiger partial charge in [-0.15, -0.1) is 0 Å². The Labute approximate surface area is 101 Å². The molecule has 3 nitrogen and oxygen atoms in total. The lowest BCUT2D eigenvalue weighted by molar-refractivity contribution is -0.218. The minimum atomic E-state index is -5.01. The molecule has 98 valence electrons. The van der Waals surface area contributed by atoms with Gasteiger partial charge in [-0.05, 0) is 17.2 Å². The van der Waals surface area contributed by atoms with Crippen molar-refractivity contribution in [3.05, 3.63) is 42.0 Å². The van der Waals surface area contributed by atoms with Crippen LogP contribution in [0.4, 0.5) is 13.2 Å². The molecule has 1 atom stereocenters. The number of alkyl halides is 3. The van der Waals surface area contributed by atoms with Gasteiger partial charge in [0.05, 0.1) is 0 Å². The second-order valence-electron chi connectivity index (χ2n) is 3.50. The fourth-order valence-electron chi connectivity index (χ4n) is 1.18. The summed E-state index contributed by atoms with van der Waals surface area (Å²) in [4.78, 5) is 10.9. The molecule has 1 aromatic rings. The van der Waals surface area contributed by atoms with Gasteiger partial charge in [-0.3, -0.25) is 0 Å². The Morgan fingerprint density at radius 1 is 1.50 bits per heavy atom. The lowest BCUT2D eigenvalue weighted by Gasteiger charge is -2.13.